The molecule has 0 aromatic heterocycles. The van der Waals surface area contributed by atoms with Crippen LogP contribution in [0.5, 0.6) is 0 Å². The van der Waals surface area contributed by atoms with E-state index in [-0.39, 0.29) is 6.10 Å². The third-order valence-electron chi connectivity index (χ3n) is 4.26. The fraction of sp³-hybridized carbons (Fsp3) is 0.778. The molecule has 0 aromatic rings. The summed E-state index contributed by atoms with van der Waals surface area (Å²) >= 11 is 0. The molecule has 1 rings (SSSR count). The van der Waals surface area contributed by atoms with Crippen molar-refractivity contribution in [3.05, 3.63) is 23.3 Å². The van der Waals surface area contributed by atoms with Crippen molar-refractivity contribution in [3.63, 3.8) is 0 Å². The van der Waals surface area contributed by atoms with Gasteiger partial charge in [-0.2, -0.15) is 0 Å². The van der Waals surface area contributed by atoms with Crippen molar-refractivity contribution in [3.8, 4) is 0 Å². The van der Waals surface area contributed by atoms with Gasteiger partial charge in [-0.05, 0) is 58.9 Å². The largest absolute Gasteiger partial charge is 0.391 e. The van der Waals surface area contributed by atoms with Gasteiger partial charge in [-0.1, -0.05) is 37.1 Å². The van der Waals surface area contributed by atoms with E-state index in [9.17, 15) is 5.11 Å². The second-order valence-corrected chi connectivity index (χ2v) is 6.81. The zero-order valence-electron chi connectivity index (χ0n) is 14.0. The first-order valence-electron chi connectivity index (χ1n) is 8.13. The second kappa shape index (κ2) is 8.63. The maximum atomic E-state index is 10.3. The average molecular weight is 279 g/mol. The van der Waals surface area contributed by atoms with Crippen LogP contribution in [0.4, 0.5) is 0 Å². The summed E-state index contributed by atoms with van der Waals surface area (Å²) in [5, 5.41) is 10.3. The molecule has 1 fully saturated rings. The van der Waals surface area contributed by atoms with Crippen LogP contribution in [-0.4, -0.2) is 35.2 Å². The third kappa shape index (κ3) is 5.80. The Bertz CT molecular complexity index is 339. The molecule has 116 valence electrons. The van der Waals surface area contributed by atoms with E-state index in [1.807, 2.05) is 0 Å². The third-order valence-corrected chi connectivity index (χ3v) is 4.26. The van der Waals surface area contributed by atoms with Crippen molar-refractivity contribution < 1.29 is 5.11 Å². The molecule has 1 heterocycles. The van der Waals surface area contributed by atoms with E-state index in [0.717, 1.165) is 32.4 Å². The van der Waals surface area contributed by atoms with Crippen molar-refractivity contribution in [1.29, 1.82) is 0 Å². The Morgan fingerprint density at radius 1 is 1.25 bits per heavy atom. The van der Waals surface area contributed by atoms with Crippen LogP contribution in [0, 0.1) is 5.92 Å². The molecule has 2 heteroatoms. The van der Waals surface area contributed by atoms with E-state index in [2.05, 4.69) is 51.7 Å². The van der Waals surface area contributed by atoms with Crippen molar-refractivity contribution >= 4 is 0 Å². The summed E-state index contributed by atoms with van der Waals surface area (Å²) in [5.74, 6) is 0.350. The highest BCUT2D eigenvalue weighted by molar-refractivity contribution is 5.04. The first-order valence-corrected chi connectivity index (χ1v) is 8.13. The quantitative estimate of drug-likeness (QED) is 0.707. The number of allylic oxidation sites excluding steroid dienone is 3. The summed E-state index contributed by atoms with van der Waals surface area (Å²) in [5.41, 5.74) is 2.87. The lowest BCUT2D eigenvalue weighted by molar-refractivity contribution is 0.0437. The topological polar surface area (TPSA) is 23.5 Å². The minimum atomic E-state index is -0.183. The smallest absolute Gasteiger partial charge is 0.0718 e. The van der Waals surface area contributed by atoms with Gasteiger partial charge in [0.05, 0.1) is 6.10 Å². The van der Waals surface area contributed by atoms with Gasteiger partial charge in [-0.25, -0.2) is 0 Å². The van der Waals surface area contributed by atoms with Gasteiger partial charge in [-0.15, -0.1) is 0 Å². The molecule has 0 bridgehead atoms. The Morgan fingerprint density at radius 3 is 2.55 bits per heavy atom. The van der Waals surface area contributed by atoms with Gasteiger partial charge >= 0.3 is 0 Å². The number of rotatable bonds is 7. The fourth-order valence-electron chi connectivity index (χ4n) is 2.87. The van der Waals surface area contributed by atoms with Crippen LogP contribution in [0.15, 0.2) is 23.3 Å². The molecule has 1 aliphatic heterocycles. The lowest BCUT2D eigenvalue weighted by Gasteiger charge is -2.30. The van der Waals surface area contributed by atoms with Crippen LogP contribution in [0.3, 0.4) is 0 Å². The summed E-state index contributed by atoms with van der Waals surface area (Å²) in [7, 11) is 0. The molecule has 2 nitrogen and oxygen atoms in total. The Labute approximate surface area is 125 Å². The van der Waals surface area contributed by atoms with Crippen molar-refractivity contribution in [1.82, 2.24) is 4.90 Å². The normalized spacial score (nSPS) is 22.4. The number of likely N-dealkylation sites (tertiary alicyclic amines) is 1. The predicted molar refractivity (Wildman–Crippen MR) is 87.9 cm³/mol. The molecule has 1 unspecified atom stereocenters. The Balaban J connectivity index is 2.44. The summed E-state index contributed by atoms with van der Waals surface area (Å²) in [6.45, 7) is 12.9. The SMILES string of the molecule is CC(C)=CCC/C(C)=C/CN1CCC[C@H]1C(O)C(C)C. The Hall–Kier alpha value is -0.600. The van der Waals surface area contributed by atoms with Gasteiger partial charge in [0.15, 0.2) is 0 Å². The molecule has 0 aliphatic carbocycles. The Morgan fingerprint density at radius 2 is 1.95 bits per heavy atom. The minimum absolute atomic E-state index is 0.183. The van der Waals surface area contributed by atoms with Crippen molar-refractivity contribution in [2.24, 2.45) is 5.92 Å². The molecule has 0 saturated carbocycles. The van der Waals surface area contributed by atoms with Crippen molar-refractivity contribution in [2.45, 2.75) is 72.4 Å². The number of hydrogen-bond donors (Lipinski definition) is 1. The van der Waals surface area contributed by atoms with Crippen LogP contribution in [0.1, 0.15) is 60.3 Å². The zero-order chi connectivity index (χ0) is 15.1. The van der Waals surface area contributed by atoms with Crippen LogP contribution < -0.4 is 0 Å². The fourth-order valence-corrected chi connectivity index (χ4v) is 2.87. The second-order valence-electron chi connectivity index (χ2n) is 6.81. The first-order chi connectivity index (χ1) is 9.41. The molecular weight excluding hydrogens is 246 g/mol. The number of aliphatic hydroxyl groups excluding tert-OH is 1. The minimum Gasteiger partial charge on any atom is -0.391 e. The monoisotopic (exact) mass is 279 g/mol. The predicted octanol–water partition coefficient (Wildman–Crippen LogP) is 4.16. The van der Waals surface area contributed by atoms with Gasteiger partial charge in [0, 0.05) is 12.6 Å². The summed E-state index contributed by atoms with van der Waals surface area (Å²) in [6.07, 6.45) is 9.13. The number of aliphatic hydroxyl groups is 1. The highest BCUT2D eigenvalue weighted by atomic mass is 16.3. The van der Waals surface area contributed by atoms with Gasteiger partial charge in [0.25, 0.3) is 0 Å². The zero-order valence-corrected chi connectivity index (χ0v) is 14.0. The molecule has 20 heavy (non-hydrogen) atoms. The van der Waals surface area contributed by atoms with Gasteiger partial charge in [0.2, 0.25) is 0 Å². The molecule has 1 aliphatic rings. The lowest BCUT2D eigenvalue weighted by atomic mass is 9.98. The maximum Gasteiger partial charge on any atom is 0.0718 e. The van der Waals surface area contributed by atoms with E-state index >= 15 is 0 Å². The molecule has 1 saturated heterocycles. The highest BCUT2D eigenvalue weighted by Gasteiger charge is 2.31. The highest BCUT2D eigenvalue weighted by Crippen LogP contribution is 2.24. The van der Waals surface area contributed by atoms with E-state index in [4.69, 9.17) is 0 Å². The molecule has 0 radical (unpaired) electrons. The molecule has 0 amide bonds. The molecular formula is C18H33NO. The van der Waals surface area contributed by atoms with E-state index in [1.54, 1.807) is 0 Å². The first kappa shape index (κ1) is 17.5. The lowest BCUT2D eigenvalue weighted by Crippen LogP contribution is -2.41. The Kier molecular flexibility index (Phi) is 7.53. The van der Waals surface area contributed by atoms with Crippen LogP contribution in [-0.2, 0) is 0 Å². The summed E-state index contributed by atoms with van der Waals surface area (Å²) in [4.78, 5) is 2.45. The van der Waals surface area contributed by atoms with Gasteiger partial charge < -0.3 is 5.11 Å². The molecule has 2 atom stereocenters. The van der Waals surface area contributed by atoms with Crippen LogP contribution >= 0.6 is 0 Å². The van der Waals surface area contributed by atoms with E-state index in [0.29, 0.717) is 12.0 Å². The maximum absolute atomic E-state index is 10.3. The number of nitrogens with zero attached hydrogens (tertiary/aromatic N) is 1. The number of hydrogen-bond acceptors (Lipinski definition) is 2. The van der Waals surface area contributed by atoms with E-state index < -0.39 is 0 Å². The summed E-state index contributed by atoms with van der Waals surface area (Å²) < 4.78 is 0. The van der Waals surface area contributed by atoms with Crippen molar-refractivity contribution in [2.75, 3.05) is 13.1 Å². The molecule has 0 spiro atoms. The van der Waals surface area contributed by atoms with Gasteiger partial charge in [0.1, 0.15) is 0 Å². The van der Waals surface area contributed by atoms with E-state index in [1.165, 1.54) is 17.6 Å². The summed E-state index contributed by atoms with van der Waals surface area (Å²) in [6, 6.07) is 0.358. The standard InChI is InChI=1S/C18H33NO/c1-14(2)8-6-9-16(5)11-13-19-12-7-10-17(19)18(20)15(3)4/h8,11,15,17-18,20H,6-7,9-10,12-13H2,1-5H3/b16-11+/t17-,18?/m0/s1. The van der Waals surface area contributed by atoms with Crippen LogP contribution in [0.25, 0.3) is 0 Å². The van der Waals surface area contributed by atoms with Gasteiger partial charge in [-0.3, -0.25) is 4.90 Å². The average Bonchev–Trinajstić information content (AvgIpc) is 2.83. The molecule has 0 aromatic carbocycles. The van der Waals surface area contributed by atoms with Crippen LogP contribution in [0.2, 0.25) is 0 Å². The molecule has 1 N–H and O–H groups in total.